The van der Waals surface area contributed by atoms with Crippen LogP contribution in [0.4, 0.5) is 0 Å². The Hall–Kier alpha value is -3.92. The number of rotatable bonds is 9. The van der Waals surface area contributed by atoms with Crippen molar-refractivity contribution in [1.82, 2.24) is 4.57 Å². The van der Waals surface area contributed by atoms with E-state index >= 15 is 0 Å². The van der Waals surface area contributed by atoms with E-state index in [1.165, 1.54) is 89.3 Å². The zero-order chi connectivity index (χ0) is 27.6. The fourth-order valence-electron chi connectivity index (χ4n) is 5.85. The molecule has 3 heterocycles. The van der Waals surface area contributed by atoms with Gasteiger partial charge < -0.3 is 4.57 Å². The molecule has 0 fully saturated rings. The SMILES string of the molecule is CCCCCCn1c2ccc(-c3ccc(-c4ccccc4)s3)cc2c2cc(-c3ccc(-c4ccccc4)s3)ccc21. The van der Waals surface area contributed by atoms with Gasteiger partial charge in [0.1, 0.15) is 0 Å². The molecule has 1 nitrogen and oxygen atoms in total. The van der Waals surface area contributed by atoms with Gasteiger partial charge in [0.05, 0.1) is 0 Å². The maximum Gasteiger partial charge on any atom is 0.0491 e. The maximum absolute atomic E-state index is 2.56. The summed E-state index contributed by atoms with van der Waals surface area (Å²) in [5, 5.41) is 2.70. The van der Waals surface area contributed by atoms with Crippen LogP contribution in [0, 0.1) is 0 Å². The van der Waals surface area contributed by atoms with E-state index in [0.29, 0.717) is 0 Å². The van der Waals surface area contributed by atoms with E-state index in [-0.39, 0.29) is 0 Å². The topological polar surface area (TPSA) is 4.93 Å². The minimum absolute atomic E-state index is 1.06. The number of unbranched alkanes of at least 4 members (excludes halogenated alkanes) is 3. The van der Waals surface area contributed by atoms with Crippen LogP contribution in [0.5, 0.6) is 0 Å². The number of thiophene rings is 2. The second kappa shape index (κ2) is 11.5. The third-order valence-corrected chi connectivity index (χ3v) is 10.4. The Morgan fingerprint density at radius 3 is 1.39 bits per heavy atom. The Kier molecular flexibility index (Phi) is 7.31. The highest BCUT2D eigenvalue weighted by atomic mass is 32.1. The standard InChI is InChI=1S/C38H33NS2/c1-2-3-4-11-24-39-33-18-16-29(37-22-20-35(40-37)27-12-7-5-8-13-27)25-31(33)32-26-30(17-19-34(32)39)38-23-21-36(41-38)28-14-9-6-10-15-28/h5-10,12-23,25-26H,2-4,11,24H2,1H3. The minimum atomic E-state index is 1.06. The van der Waals surface area contributed by atoms with E-state index in [1.807, 2.05) is 22.7 Å². The summed E-state index contributed by atoms with van der Waals surface area (Å²) in [6, 6.07) is 44.7. The van der Waals surface area contributed by atoms with E-state index in [1.54, 1.807) is 0 Å². The molecule has 0 N–H and O–H groups in total. The Bertz CT molecular complexity index is 1790. The molecular weight excluding hydrogens is 535 g/mol. The van der Waals surface area contributed by atoms with Crippen LogP contribution in [0.3, 0.4) is 0 Å². The van der Waals surface area contributed by atoms with Crippen LogP contribution in [0.15, 0.2) is 121 Å². The maximum atomic E-state index is 2.56. The van der Waals surface area contributed by atoms with E-state index in [0.717, 1.165) is 6.54 Å². The molecule has 7 rings (SSSR count). The summed E-state index contributed by atoms with van der Waals surface area (Å²) < 4.78 is 2.56. The Labute approximate surface area is 250 Å². The molecule has 0 saturated heterocycles. The van der Waals surface area contributed by atoms with Crippen LogP contribution in [0.2, 0.25) is 0 Å². The molecule has 0 atom stereocenters. The van der Waals surface area contributed by atoms with Crippen molar-refractivity contribution >= 4 is 44.5 Å². The minimum Gasteiger partial charge on any atom is -0.340 e. The number of aryl methyl sites for hydroxylation is 1. The quantitative estimate of drug-likeness (QED) is 0.153. The molecule has 0 aliphatic carbocycles. The van der Waals surface area contributed by atoms with Crippen LogP contribution in [-0.4, -0.2) is 4.57 Å². The molecule has 3 aromatic heterocycles. The molecule has 3 heteroatoms. The first-order valence-corrected chi connectivity index (χ1v) is 16.3. The summed E-state index contributed by atoms with van der Waals surface area (Å²) in [7, 11) is 0. The largest absolute Gasteiger partial charge is 0.340 e. The molecular formula is C38H33NS2. The Balaban J connectivity index is 1.31. The van der Waals surface area contributed by atoms with Gasteiger partial charge in [0.2, 0.25) is 0 Å². The molecule has 0 radical (unpaired) electrons. The van der Waals surface area contributed by atoms with Crippen molar-refractivity contribution in [1.29, 1.82) is 0 Å². The smallest absolute Gasteiger partial charge is 0.0491 e. The van der Waals surface area contributed by atoms with Crippen molar-refractivity contribution in [2.45, 2.75) is 39.2 Å². The molecule has 0 aliphatic rings. The van der Waals surface area contributed by atoms with Crippen molar-refractivity contribution < 1.29 is 0 Å². The molecule has 41 heavy (non-hydrogen) atoms. The Morgan fingerprint density at radius 2 is 0.927 bits per heavy atom. The molecule has 202 valence electrons. The Morgan fingerprint density at radius 1 is 0.463 bits per heavy atom. The highest BCUT2D eigenvalue weighted by Gasteiger charge is 2.15. The second-order valence-electron chi connectivity index (χ2n) is 10.7. The molecule has 0 aliphatic heterocycles. The number of hydrogen-bond acceptors (Lipinski definition) is 2. The first-order chi connectivity index (χ1) is 20.3. The van der Waals surface area contributed by atoms with Crippen molar-refractivity contribution in [2.75, 3.05) is 0 Å². The summed E-state index contributed by atoms with van der Waals surface area (Å²) in [5.41, 5.74) is 7.83. The monoisotopic (exact) mass is 567 g/mol. The van der Waals surface area contributed by atoms with Crippen LogP contribution >= 0.6 is 22.7 Å². The van der Waals surface area contributed by atoms with Gasteiger partial charge in [-0.1, -0.05) is 99.0 Å². The first kappa shape index (κ1) is 26.0. The lowest BCUT2D eigenvalue weighted by Crippen LogP contribution is -1.97. The normalized spacial score (nSPS) is 11.5. The first-order valence-electron chi connectivity index (χ1n) is 14.7. The third kappa shape index (κ3) is 5.16. The number of hydrogen-bond donors (Lipinski definition) is 0. The van der Waals surface area contributed by atoms with Crippen LogP contribution in [0.25, 0.3) is 63.6 Å². The van der Waals surface area contributed by atoms with Gasteiger partial charge in [0, 0.05) is 47.9 Å². The number of benzene rings is 4. The second-order valence-corrected chi connectivity index (χ2v) is 12.9. The summed E-state index contributed by atoms with van der Waals surface area (Å²) in [5.74, 6) is 0. The molecule has 0 bridgehead atoms. The fraction of sp³-hybridized carbons (Fsp3) is 0.158. The zero-order valence-electron chi connectivity index (χ0n) is 23.3. The van der Waals surface area contributed by atoms with E-state index in [4.69, 9.17) is 0 Å². The molecule has 0 unspecified atom stereocenters. The summed E-state index contributed by atoms with van der Waals surface area (Å²) in [6.07, 6.45) is 5.06. The number of fused-ring (bicyclic) bond motifs is 3. The predicted molar refractivity (Wildman–Crippen MR) is 181 cm³/mol. The van der Waals surface area contributed by atoms with Gasteiger partial charge in [-0.15, -0.1) is 22.7 Å². The highest BCUT2D eigenvalue weighted by molar-refractivity contribution is 7.19. The number of nitrogens with zero attached hydrogens (tertiary/aromatic N) is 1. The van der Waals surface area contributed by atoms with Crippen LogP contribution in [0.1, 0.15) is 32.6 Å². The van der Waals surface area contributed by atoms with Gasteiger partial charge in [0.15, 0.2) is 0 Å². The third-order valence-electron chi connectivity index (χ3n) is 8.00. The van der Waals surface area contributed by atoms with Gasteiger partial charge in [-0.2, -0.15) is 0 Å². The van der Waals surface area contributed by atoms with Gasteiger partial charge in [-0.3, -0.25) is 0 Å². The zero-order valence-corrected chi connectivity index (χ0v) is 25.0. The summed E-state index contributed by atoms with van der Waals surface area (Å²) in [4.78, 5) is 5.26. The fourth-order valence-corrected chi connectivity index (χ4v) is 7.87. The predicted octanol–water partition coefficient (Wildman–Crippen LogP) is 12.2. The van der Waals surface area contributed by atoms with Crippen molar-refractivity contribution in [3.63, 3.8) is 0 Å². The van der Waals surface area contributed by atoms with Crippen molar-refractivity contribution in [3.05, 3.63) is 121 Å². The van der Waals surface area contributed by atoms with Gasteiger partial charge in [0.25, 0.3) is 0 Å². The molecule has 7 aromatic rings. The summed E-state index contributed by atoms with van der Waals surface area (Å²) >= 11 is 3.75. The van der Waals surface area contributed by atoms with E-state index in [9.17, 15) is 0 Å². The van der Waals surface area contributed by atoms with Gasteiger partial charge in [-0.05, 0) is 77.2 Å². The highest BCUT2D eigenvalue weighted by Crippen LogP contribution is 2.40. The van der Waals surface area contributed by atoms with Crippen LogP contribution < -0.4 is 0 Å². The van der Waals surface area contributed by atoms with Crippen molar-refractivity contribution in [3.8, 4) is 41.8 Å². The van der Waals surface area contributed by atoms with Gasteiger partial charge in [-0.25, -0.2) is 0 Å². The lowest BCUT2D eigenvalue weighted by Gasteiger charge is -2.08. The van der Waals surface area contributed by atoms with E-state index in [2.05, 4.69) is 133 Å². The molecule has 0 saturated carbocycles. The lowest BCUT2D eigenvalue weighted by atomic mass is 10.1. The molecule has 0 spiro atoms. The average Bonchev–Trinajstić information content (AvgIpc) is 3.79. The number of aromatic nitrogens is 1. The van der Waals surface area contributed by atoms with E-state index < -0.39 is 0 Å². The van der Waals surface area contributed by atoms with Crippen molar-refractivity contribution in [2.24, 2.45) is 0 Å². The molecule has 0 amide bonds. The van der Waals surface area contributed by atoms with Gasteiger partial charge >= 0.3 is 0 Å². The van der Waals surface area contributed by atoms with Crippen LogP contribution in [-0.2, 0) is 6.54 Å². The average molecular weight is 568 g/mol. The lowest BCUT2D eigenvalue weighted by molar-refractivity contribution is 0.602. The molecule has 4 aromatic carbocycles. The summed E-state index contributed by atoms with van der Waals surface area (Å²) in [6.45, 7) is 3.35.